The molecule has 0 bridgehead atoms. The molecular formula is C32H36N6O3. The third-order valence-electron chi connectivity index (χ3n) is 7.82. The quantitative estimate of drug-likeness (QED) is 0.358. The van der Waals surface area contributed by atoms with E-state index < -0.39 is 6.10 Å². The van der Waals surface area contributed by atoms with E-state index in [-0.39, 0.29) is 24.7 Å². The Hall–Kier alpha value is -3.95. The number of morpholine rings is 1. The van der Waals surface area contributed by atoms with E-state index in [1.807, 2.05) is 36.4 Å². The molecule has 6 rings (SSSR count). The highest BCUT2D eigenvalue weighted by Gasteiger charge is 2.24. The van der Waals surface area contributed by atoms with Crippen LogP contribution in [0.1, 0.15) is 72.7 Å². The van der Waals surface area contributed by atoms with Crippen molar-refractivity contribution in [3.63, 3.8) is 0 Å². The Morgan fingerprint density at radius 2 is 1.83 bits per heavy atom. The fourth-order valence-electron chi connectivity index (χ4n) is 5.89. The summed E-state index contributed by atoms with van der Waals surface area (Å²) < 4.78 is 5.88. The van der Waals surface area contributed by atoms with Crippen molar-refractivity contribution in [3.05, 3.63) is 76.9 Å². The molecule has 41 heavy (non-hydrogen) atoms. The van der Waals surface area contributed by atoms with Gasteiger partial charge in [-0.1, -0.05) is 6.07 Å². The van der Waals surface area contributed by atoms with Crippen LogP contribution in [0.3, 0.4) is 0 Å². The van der Waals surface area contributed by atoms with Crippen LogP contribution in [0.15, 0.2) is 48.7 Å². The Morgan fingerprint density at radius 3 is 2.63 bits per heavy atom. The summed E-state index contributed by atoms with van der Waals surface area (Å²) in [6.07, 6.45) is 5.29. The van der Waals surface area contributed by atoms with Gasteiger partial charge in [-0.25, -0.2) is 15.0 Å². The molecule has 4 aromatic rings. The molecule has 9 nitrogen and oxygen atoms in total. The molecule has 0 aromatic carbocycles. The summed E-state index contributed by atoms with van der Waals surface area (Å²) in [6.45, 7) is 7.75. The van der Waals surface area contributed by atoms with Gasteiger partial charge in [-0.05, 0) is 94.0 Å². The molecule has 1 saturated heterocycles. The first-order valence-corrected chi connectivity index (χ1v) is 14.5. The van der Waals surface area contributed by atoms with E-state index in [0.29, 0.717) is 11.4 Å². The van der Waals surface area contributed by atoms with Crippen LogP contribution in [0.4, 0.5) is 5.82 Å². The molecule has 0 spiro atoms. The Morgan fingerprint density at radius 1 is 1.05 bits per heavy atom. The average Bonchev–Trinajstić information content (AvgIpc) is 2.98. The number of nitrogens with one attached hydrogen (secondary N) is 1. The summed E-state index contributed by atoms with van der Waals surface area (Å²) in [5.74, 6) is 0.635. The molecule has 3 atom stereocenters. The van der Waals surface area contributed by atoms with E-state index in [0.717, 1.165) is 83.7 Å². The van der Waals surface area contributed by atoms with Crippen LogP contribution in [0.2, 0.25) is 0 Å². The number of carbonyl (C=O) groups is 1. The smallest absolute Gasteiger partial charge is 0.270 e. The number of ether oxygens (including phenoxy) is 1. The lowest BCUT2D eigenvalue weighted by Crippen LogP contribution is -2.45. The van der Waals surface area contributed by atoms with Crippen molar-refractivity contribution in [2.45, 2.75) is 71.3 Å². The predicted molar refractivity (Wildman–Crippen MR) is 158 cm³/mol. The summed E-state index contributed by atoms with van der Waals surface area (Å²) in [5.41, 5.74) is 6.21. The van der Waals surface area contributed by atoms with Gasteiger partial charge in [0.2, 0.25) is 0 Å². The largest absolute Gasteiger partial charge is 0.389 e. The first kappa shape index (κ1) is 27.2. The van der Waals surface area contributed by atoms with Gasteiger partial charge >= 0.3 is 0 Å². The third kappa shape index (κ3) is 5.92. The maximum absolute atomic E-state index is 13.1. The van der Waals surface area contributed by atoms with Crippen LogP contribution in [0.5, 0.6) is 0 Å². The van der Waals surface area contributed by atoms with Crippen LogP contribution in [0, 0.1) is 0 Å². The second-order valence-electron chi connectivity index (χ2n) is 11.2. The molecule has 0 unspecified atom stereocenters. The molecular weight excluding hydrogens is 516 g/mol. The maximum Gasteiger partial charge on any atom is 0.270 e. The number of amides is 1. The maximum atomic E-state index is 13.1. The standard InChI is InChI=1S/C32H36N6O3/c1-19-17-38(18-20(2)41-19)31-10-6-9-27(37-31)28-12-11-22-15-33-23(13-29(22)36-28)16-34-32(40)30-14-25(21(3)39)24-7-4-5-8-26(24)35-30/h6,9-15,19-21,39H,4-5,7-8,16-18H2,1-3H3,(H,34,40)/t19-,20+,21-/m0/s1. The van der Waals surface area contributed by atoms with E-state index in [4.69, 9.17) is 14.7 Å². The fraction of sp³-hybridized carbons (Fsp3) is 0.406. The van der Waals surface area contributed by atoms with Gasteiger partial charge in [-0.3, -0.25) is 9.78 Å². The molecule has 0 saturated carbocycles. The minimum absolute atomic E-state index is 0.151. The van der Waals surface area contributed by atoms with Crippen LogP contribution in [0.25, 0.3) is 22.3 Å². The number of aliphatic hydroxyl groups is 1. The zero-order chi connectivity index (χ0) is 28.5. The monoisotopic (exact) mass is 552 g/mol. The number of hydrogen-bond acceptors (Lipinski definition) is 8. The number of pyridine rings is 4. The number of anilines is 1. The topological polar surface area (TPSA) is 113 Å². The highest BCUT2D eigenvalue weighted by molar-refractivity contribution is 5.92. The van der Waals surface area contributed by atoms with E-state index >= 15 is 0 Å². The number of aromatic nitrogens is 4. The minimum atomic E-state index is -0.644. The Kier molecular flexibility index (Phi) is 7.64. The second kappa shape index (κ2) is 11.5. The van der Waals surface area contributed by atoms with Crippen LogP contribution in [-0.4, -0.2) is 56.2 Å². The zero-order valence-corrected chi connectivity index (χ0v) is 23.8. The molecule has 5 heterocycles. The molecule has 4 aromatic heterocycles. The number of aryl methyl sites for hydroxylation is 1. The molecule has 1 aliphatic heterocycles. The third-order valence-corrected chi connectivity index (χ3v) is 7.82. The Balaban J connectivity index is 1.20. The summed E-state index contributed by atoms with van der Waals surface area (Å²) in [4.78, 5) is 34.3. The van der Waals surface area contributed by atoms with Gasteiger partial charge in [-0.2, -0.15) is 0 Å². The summed E-state index contributed by atoms with van der Waals surface area (Å²) in [5, 5.41) is 14.2. The first-order chi connectivity index (χ1) is 19.8. The van der Waals surface area contributed by atoms with Gasteiger partial charge in [0.15, 0.2) is 0 Å². The van der Waals surface area contributed by atoms with E-state index in [9.17, 15) is 9.90 Å². The molecule has 1 fully saturated rings. The van der Waals surface area contributed by atoms with E-state index in [1.54, 1.807) is 19.2 Å². The van der Waals surface area contributed by atoms with Crippen LogP contribution < -0.4 is 10.2 Å². The number of nitrogens with zero attached hydrogens (tertiary/aromatic N) is 5. The van der Waals surface area contributed by atoms with Gasteiger partial charge in [0.05, 0.1) is 47.5 Å². The molecule has 1 aliphatic carbocycles. The molecule has 1 amide bonds. The molecule has 2 N–H and O–H groups in total. The Bertz CT molecular complexity index is 1580. The van der Waals surface area contributed by atoms with Crippen molar-refractivity contribution in [2.24, 2.45) is 0 Å². The lowest BCUT2D eigenvalue weighted by molar-refractivity contribution is -0.00545. The lowest BCUT2D eigenvalue weighted by Gasteiger charge is -2.36. The Labute approximate surface area is 240 Å². The SMILES string of the molecule is C[C@@H]1CN(c2cccc(-c3ccc4cnc(CNC(=O)c5cc([C@H](C)O)c6c(n5)CCCC6)cc4n3)n2)C[C@H](C)O1. The van der Waals surface area contributed by atoms with Crippen LogP contribution >= 0.6 is 0 Å². The van der Waals surface area contributed by atoms with E-state index in [1.165, 1.54) is 0 Å². The molecule has 2 aliphatic rings. The van der Waals surface area contributed by atoms with Gasteiger partial charge in [0.25, 0.3) is 5.91 Å². The normalized spacial score (nSPS) is 19.6. The van der Waals surface area contributed by atoms with Crippen molar-refractivity contribution in [1.29, 1.82) is 0 Å². The van der Waals surface area contributed by atoms with Gasteiger partial charge in [0, 0.05) is 30.4 Å². The van der Waals surface area contributed by atoms with Crippen LogP contribution in [-0.2, 0) is 24.1 Å². The first-order valence-electron chi connectivity index (χ1n) is 14.5. The summed E-state index contributed by atoms with van der Waals surface area (Å²) in [7, 11) is 0. The van der Waals surface area contributed by atoms with E-state index in [2.05, 4.69) is 34.0 Å². The second-order valence-corrected chi connectivity index (χ2v) is 11.2. The number of rotatable bonds is 6. The van der Waals surface area contributed by atoms with Crippen molar-refractivity contribution in [2.75, 3.05) is 18.0 Å². The molecule has 212 valence electrons. The van der Waals surface area contributed by atoms with Crippen molar-refractivity contribution >= 4 is 22.6 Å². The summed E-state index contributed by atoms with van der Waals surface area (Å²) >= 11 is 0. The van der Waals surface area contributed by atoms with Gasteiger partial charge in [-0.15, -0.1) is 0 Å². The van der Waals surface area contributed by atoms with Gasteiger partial charge < -0.3 is 20.1 Å². The highest BCUT2D eigenvalue weighted by Crippen LogP contribution is 2.28. The zero-order valence-electron chi connectivity index (χ0n) is 23.8. The average molecular weight is 553 g/mol. The summed E-state index contributed by atoms with van der Waals surface area (Å²) in [6, 6.07) is 13.6. The predicted octanol–water partition coefficient (Wildman–Crippen LogP) is 4.56. The lowest BCUT2D eigenvalue weighted by atomic mass is 9.90. The van der Waals surface area contributed by atoms with Crippen molar-refractivity contribution < 1.29 is 14.6 Å². The molecule has 9 heteroatoms. The number of aliphatic hydroxyl groups excluding tert-OH is 1. The van der Waals surface area contributed by atoms with Crippen molar-refractivity contribution in [3.8, 4) is 11.4 Å². The van der Waals surface area contributed by atoms with Gasteiger partial charge in [0.1, 0.15) is 11.5 Å². The van der Waals surface area contributed by atoms with Crippen molar-refractivity contribution in [1.82, 2.24) is 25.3 Å². The minimum Gasteiger partial charge on any atom is -0.389 e. The number of hydrogen-bond donors (Lipinski definition) is 2. The molecule has 0 radical (unpaired) electrons. The fourth-order valence-corrected chi connectivity index (χ4v) is 5.89. The number of carbonyl (C=O) groups excluding carboxylic acids is 1. The number of fused-ring (bicyclic) bond motifs is 2. The highest BCUT2D eigenvalue weighted by atomic mass is 16.5.